The normalized spacial score (nSPS) is 10.1. The molecule has 0 N–H and O–H groups in total. The molecule has 0 aliphatic heterocycles. The summed E-state index contributed by atoms with van der Waals surface area (Å²) in [6, 6.07) is 0. The molecule has 0 radical (unpaired) electrons. The molecule has 0 fully saturated rings. The summed E-state index contributed by atoms with van der Waals surface area (Å²) < 4.78 is 4.91. The Morgan fingerprint density at radius 3 is 2.16 bits per heavy atom. The molecule has 0 saturated carbocycles. The van der Waals surface area contributed by atoms with Gasteiger partial charge in [0.1, 0.15) is 0 Å². The number of aliphatic carboxylic acids is 1. The minimum absolute atomic E-state index is 0. The van der Waals surface area contributed by atoms with Crippen molar-refractivity contribution in [2.75, 3.05) is 6.61 Å². The van der Waals surface area contributed by atoms with Gasteiger partial charge in [-0.05, 0) is 18.8 Å². The van der Waals surface area contributed by atoms with Gasteiger partial charge in [0.05, 0.1) is 13.0 Å². The maximum absolute atomic E-state index is 11.0. The number of rotatable bonds is 11. The monoisotopic (exact) mass is 280 g/mol. The number of ether oxygens (including phenoxy) is 1. The number of carbonyl (C=O) groups is 2. The summed E-state index contributed by atoms with van der Waals surface area (Å²) in [4.78, 5) is 21.2. The van der Waals surface area contributed by atoms with Crippen LogP contribution in [0.1, 0.15) is 65.2 Å². The van der Waals surface area contributed by atoms with E-state index in [-0.39, 0.29) is 42.4 Å². The Morgan fingerprint density at radius 2 is 1.58 bits per heavy atom. The zero-order valence-corrected chi connectivity index (χ0v) is 14.6. The smallest absolute Gasteiger partial charge is 0.550 e. The number of hydrogen-bond acceptors (Lipinski definition) is 4. The quantitative estimate of drug-likeness (QED) is 0.278. The first-order valence-corrected chi connectivity index (χ1v) is 6.88. The number of unbranched alkanes of at least 4 members (excludes halogenated alkanes) is 4. The Kier molecular flexibility index (Phi) is 16.0. The maximum Gasteiger partial charge on any atom is 1.00 e. The van der Waals surface area contributed by atoms with Gasteiger partial charge in [0.25, 0.3) is 0 Å². The summed E-state index contributed by atoms with van der Waals surface area (Å²) in [5.74, 6) is -0.884. The van der Waals surface area contributed by atoms with Crippen LogP contribution < -0.4 is 34.7 Å². The SMILES string of the molecule is CC(C)CCCCCCCOC(=O)CCC(=O)[O-].[Na+]. The van der Waals surface area contributed by atoms with Crippen molar-refractivity contribution in [3.8, 4) is 0 Å². The van der Waals surface area contributed by atoms with Crippen LogP contribution >= 0.6 is 0 Å². The van der Waals surface area contributed by atoms with Gasteiger partial charge in [-0.15, -0.1) is 0 Å². The second-order valence-corrected chi connectivity index (χ2v) is 5.04. The van der Waals surface area contributed by atoms with Crippen LogP contribution in [0.3, 0.4) is 0 Å². The van der Waals surface area contributed by atoms with E-state index in [0.29, 0.717) is 6.61 Å². The van der Waals surface area contributed by atoms with E-state index in [9.17, 15) is 14.7 Å². The van der Waals surface area contributed by atoms with Gasteiger partial charge < -0.3 is 14.6 Å². The van der Waals surface area contributed by atoms with Crippen LogP contribution in [0.4, 0.5) is 0 Å². The van der Waals surface area contributed by atoms with Crippen molar-refractivity contribution in [3.63, 3.8) is 0 Å². The number of carboxylic acids is 1. The Bertz CT molecular complexity index is 242. The summed E-state index contributed by atoms with van der Waals surface area (Å²) in [6.45, 7) is 4.86. The third-order valence-corrected chi connectivity index (χ3v) is 2.72. The second-order valence-electron chi connectivity index (χ2n) is 5.04. The van der Waals surface area contributed by atoms with Crippen molar-refractivity contribution in [2.45, 2.75) is 65.2 Å². The molecule has 0 aliphatic rings. The Hall–Kier alpha value is -0.0600. The van der Waals surface area contributed by atoms with E-state index in [2.05, 4.69) is 13.8 Å². The molecular formula is C14H25NaO4. The molecule has 0 amide bonds. The topological polar surface area (TPSA) is 66.4 Å². The van der Waals surface area contributed by atoms with Crippen LogP contribution in [0.5, 0.6) is 0 Å². The molecule has 0 bridgehead atoms. The van der Waals surface area contributed by atoms with E-state index in [1.807, 2.05) is 0 Å². The van der Waals surface area contributed by atoms with Crippen molar-refractivity contribution in [1.29, 1.82) is 0 Å². The van der Waals surface area contributed by atoms with E-state index >= 15 is 0 Å². The molecule has 0 rings (SSSR count). The van der Waals surface area contributed by atoms with E-state index in [1.54, 1.807) is 0 Å². The first-order valence-electron chi connectivity index (χ1n) is 6.88. The fourth-order valence-electron chi connectivity index (χ4n) is 1.65. The number of carboxylic acid groups (broad SMARTS) is 1. The zero-order chi connectivity index (χ0) is 13.8. The first kappa shape index (κ1) is 21.2. The zero-order valence-electron chi connectivity index (χ0n) is 12.6. The van der Waals surface area contributed by atoms with Gasteiger partial charge in [-0.25, -0.2) is 0 Å². The molecule has 0 aromatic carbocycles. The molecule has 5 heteroatoms. The Balaban J connectivity index is 0. The van der Waals surface area contributed by atoms with Crippen LogP contribution in [0.2, 0.25) is 0 Å². The van der Waals surface area contributed by atoms with Crippen LogP contribution in [-0.2, 0) is 14.3 Å². The van der Waals surface area contributed by atoms with Crippen molar-refractivity contribution >= 4 is 11.9 Å². The van der Waals surface area contributed by atoms with Crippen molar-refractivity contribution in [1.82, 2.24) is 0 Å². The van der Waals surface area contributed by atoms with Crippen molar-refractivity contribution in [3.05, 3.63) is 0 Å². The Morgan fingerprint density at radius 1 is 1.00 bits per heavy atom. The summed E-state index contributed by atoms with van der Waals surface area (Å²) in [5.41, 5.74) is 0. The fraction of sp³-hybridized carbons (Fsp3) is 0.857. The molecular weight excluding hydrogens is 255 g/mol. The predicted molar refractivity (Wildman–Crippen MR) is 67.7 cm³/mol. The summed E-state index contributed by atoms with van der Waals surface area (Å²) in [5, 5.41) is 10.1. The van der Waals surface area contributed by atoms with Gasteiger partial charge in [-0.3, -0.25) is 4.79 Å². The molecule has 0 aliphatic carbocycles. The fourth-order valence-corrected chi connectivity index (χ4v) is 1.65. The number of esters is 1. The minimum Gasteiger partial charge on any atom is -0.550 e. The van der Waals surface area contributed by atoms with Gasteiger partial charge in [0.2, 0.25) is 0 Å². The molecule has 0 saturated heterocycles. The average molecular weight is 280 g/mol. The van der Waals surface area contributed by atoms with Gasteiger partial charge >= 0.3 is 35.5 Å². The minimum atomic E-state index is -1.21. The van der Waals surface area contributed by atoms with Gasteiger partial charge in [-0.1, -0.05) is 46.0 Å². The molecule has 106 valence electrons. The van der Waals surface area contributed by atoms with Gasteiger partial charge in [0.15, 0.2) is 0 Å². The molecule has 0 heterocycles. The molecule has 0 aromatic heterocycles. The van der Waals surface area contributed by atoms with E-state index < -0.39 is 11.9 Å². The molecule has 0 spiro atoms. The van der Waals surface area contributed by atoms with Gasteiger partial charge in [0, 0.05) is 5.97 Å². The molecule has 4 nitrogen and oxygen atoms in total. The van der Waals surface area contributed by atoms with E-state index in [0.717, 1.165) is 18.8 Å². The maximum atomic E-state index is 11.0. The second kappa shape index (κ2) is 14.4. The van der Waals surface area contributed by atoms with Crippen LogP contribution in [-0.4, -0.2) is 18.5 Å². The predicted octanol–water partition coefficient (Wildman–Crippen LogP) is -0.940. The third kappa shape index (κ3) is 17.9. The van der Waals surface area contributed by atoms with E-state index in [4.69, 9.17) is 4.74 Å². The summed E-state index contributed by atoms with van der Waals surface area (Å²) in [6.07, 6.45) is 6.52. The van der Waals surface area contributed by atoms with E-state index in [1.165, 1.54) is 25.7 Å². The van der Waals surface area contributed by atoms with Crippen molar-refractivity contribution in [2.24, 2.45) is 5.92 Å². The van der Waals surface area contributed by atoms with Crippen LogP contribution in [0.15, 0.2) is 0 Å². The largest absolute Gasteiger partial charge is 1.00 e. The summed E-state index contributed by atoms with van der Waals surface area (Å²) in [7, 11) is 0. The van der Waals surface area contributed by atoms with Crippen molar-refractivity contribution < 1.29 is 49.0 Å². The van der Waals surface area contributed by atoms with Gasteiger partial charge in [-0.2, -0.15) is 0 Å². The molecule has 0 atom stereocenters. The number of hydrogen-bond donors (Lipinski definition) is 0. The molecule has 19 heavy (non-hydrogen) atoms. The summed E-state index contributed by atoms with van der Waals surface area (Å²) >= 11 is 0. The molecule has 0 unspecified atom stereocenters. The average Bonchev–Trinajstić information content (AvgIpc) is 2.29. The van der Waals surface area contributed by atoms with Crippen LogP contribution in [0, 0.1) is 5.92 Å². The standard InChI is InChI=1S/C14H26O4.Na/c1-12(2)8-6-4-3-5-7-11-18-14(17)10-9-13(15)16;/h12H,3-11H2,1-2H3,(H,15,16);/q;+1/p-1. The molecule has 0 aromatic rings. The first-order chi connectivity index (χ1) is 8.52. The Labute approximate surface area is 138 Å². The third-order valence-electron chi connectivity index (χ3n) is 2.72. The van der Waals surface area contributed by atoms with Crippen LogP contribution in [0.25, 0.3) is 0 Å². The number of carbonyl (C=O) groups excluding carboxylic acids is 2.